The normalized spacial score (nSPS) is 14.3. The van der Waals surface area contributed by atoms with Crippen LogP contribution in [0.3, 0.4) is 0 Å². The lowest BCUT2D eigenvalue weighted by molar-refractivity contribution is -0.110. The molecule has 0 fully saturated rings. The van der Waals surface area contributed by atoms with Gasteiger partial charge in [0.2, 0.25) is 12.8 Å². The molecule has 2 atom stereocenters. The van der Waals surface area contributed by atoms with Crippen LogP contribution in [0.4, 0.5) is 0 Å². The van der Waals surface area contributed by atoms with Gasteiger partial charge in [-0.1, -0.05) is 0 Å². The van der Waals surface area contributed by atoms with Crippen LogP contribution >= 0.6 is 0 Å². The summed E-state index contributed by atoms with van der Waals surface area (Å²) in [4.78, 5) is 20.1. The Morgan fingerprint density at radius 2 is 1.38 bits per heavy atom. The largest absolute Gasteiger partial charge is 0.356 e. The minimum Gasteiger partial charge on any atom is -0.356 e. The molecule has 0 saturated heterocycles. The second-order valence-electron chi connectivity index (χ2n) is 3.30. The van der Waals surface area contributed by atoms with Crippen molar-refractivity contribution in [3.8, 4) is 0 Å². The van der Waals surface area contributed by atoms with E-state index in [9.17, 15) is 9.59 Å². The van der Waals surface area contributed by atoms with Gasteiger partial charge in [-0.2, -0.15) is 0 Å². The Morgan fingerprint density at radius 1 is 1.00 bits per heavy atom. The predicted octanol–water partition coefficient (Wildman–Crippen LogP) is 0.426. The van der Waals surface area contributed by atoms with Crippen LogP contribution in [-0.2, 0) is 9.59 Å². The van der Waals surface area contributed by atoms with Crippen molar-refractivity contribution in [2.45, 2.75) is 45.2 Å². The van der Waals surface area contributed by atoms with Gasteiger partial charge in [-0.3, -0.25) is 9.59 Å². The van der Waals surface area contributed by atoms with Crippen molar-refractivity contribution < 1.29 is 9.59 Å². The highest BCUT2D eigenvalue weighted by Gasteiger charge is 2.02. The number of hydrogen-bond acceptors (Lipinski definition) is 2. The van der Waals surface area contributed by atoms with E-state index in [0.717, 1.165) is 32.1 Å². The van der Waals surface area contributed by atoms with Gasteiger partial charge in [0.05, 0.1) is 0 Å². The first-order valence-electron chi connectivity index (χ1n) is 4.60. The van der Waals surface area contributed by atoms with Crippen LogP contribution < -0.4 is 10.6 Å². The molecule has 0 aliphatic rings. The molecule has 0 rings (SSSR count). The fourth-order valence-corrected chi connectivity index (χ4v) is 1.13. The van der Waals surface area contributed by atoms with Crippen molar-refractivity contribution in [2.24, 2.45) is 0 Å². The molecule has 4 nitrogen and oxygen atoms in total. The minimum atomic E-state index is 0.223. The summed E-state index contributed by atoms with van der Waals surface area (Å²) in [5, 5.41) is 5.36. The molecule has 13 heavy (non-hydrogen) atoms. The molecule has 0 saturated carbocycles. The molecule has 2 unspecified atom stereocenters. The third kappa shape index (κ3) is 7.31. The summed E-state index contributed by atoms with van der Waals surface area (Å²) < 4.78 is 0. The minimum absolute atomic E-state index is 0.223. The van der Waals surface area contributed by atoms with E-state index in [-0.39, 0.29) is 12.1 Å². The zero-order chi connectivity index (χ0) is 10.1. The molecule has 0 bridgehead atoms. The zero-order valence-electron chi connectivity index (χ0n) is 8.25. The third-order valence-electron chi connectivity index (χ3n) is 1.98. The molecular weight excluding hydrogens is 168 g/mol. The van der Waals surface area contributed by atoms with E-state index in [4.69, 9.17) is 0 Å². The smallest absolute Gasteiger partial charge is 0.207 e. The SMILES string of the molecule is CC(CCCC(C)NC=O)NC=O. The Labute approximate surface area is 79.1 Å². The summed E-state index contributed by atoms with van der Waals surface area (Å²) in [6.07, 6.45) is 4.34. The lowest BCUT2D eigenvalue weighted by Crippen LogP contribution is -2.27. The summed E-state index contributed by atoms with van der Waals surface area (Å²) in [7, 11) is 0. The summed E-state index contributed by atoms with van der Waals surface area (Å²) >= 11 is 0. The van der Waals surface area contributed by atoms with Crippen LogP contribution in [0.2, 0.25) is 0 Å². The van der Waals surface area contributed by atoms with Crippen LogP contribution in [0.25, 0.3) is 0 Å². The number of nitrogens with one attached hydrogen (secondary N) is 2. The van der Waals surface area contributed by atoms with Crippen molar-refractivity contribution in [1.29, 1.82) is 0 Å². The maximum atomic E-state index is 10.0. The van der Waals surface area contributed by atoms with E-state index in [2.05, 4.69) is 10.6 Å². The van der Waals surface area contributed by atoms with Gasteiger partial charge < -0.3 is 10.6 Å². The number of carbonyl (C=O) groups excluding carboxylic acids is 2. The average Bonchev–Trinajstić information content (AvgIpc) is 2.05. The van der Waals surface area contributed by atoms with Gasteiger partial charge in [0.15, 0.2) is 0 Å². The van der Waals surface area contributed by atoms with E-state index in [1.54, 1.807) is 0 Å². The topological polar surface area (TPSA) is 58.2 Å². The molecule has 76 valence electrons. The van der Waals surface area contributed by atoms with E-state index in [1.165, 1.54) is 0 Å². The number of amides is 2. The van der Waals surface area contributed by atoms with Crippen molar-refractivity contribution in [3.05, 3.63) is 0 Å². The number of rotatable bonds is 8. The van der Waals surface area contributed by atoms with E-state index in [0.29, 0.717) is 0 Å². The van der Waals surface area contributed by atoms with Crippen molar-refractivity contribution in [3.63, 3.8) is 0 Å². The Balaban J connectivity index is 3.32. The van der Waals surface area contributed by atoms with Crippen molar-refractivity contribution in [1.82, 2.24) is 10.6 Å². The van der Waals surface area contributed by atoms with Gasteiger partial charge in [0.1, 0.15) is 0 Å². The molecule has 0 spiro atoms. The van der Waals surface area contributed by atoms with Crippen LogP contribution in [0.1, 0.15) is 33.1 Å². The van der Waals surface area contributed by atoms with Crippen molar-refractivity contribution in [2.75, 3.05) is 0 Å². The first kappa shape index (κ1) is 11.9. The summed E-state index contributed by atoms with van der Waals surface area (Å²) in [5.41, 5.74) is 0. The fourth-order valence-electron chi connectivity index (χ4n) is 1.13. The lowest BCUT2D eigenvalue weighted by atomic mass is 10.1. The van der Waals surface area contributed by atoms with Gasteiger partial charge >= 0.3 is 0 Å². The molecule has 0 aromatic heterocycles. The maximum absolute atomic E-state index is 10.0. The van der Waals surface area contributed by atoms with Gasteiger partial charge in [-0.25, -0.2) is 0 Å². The van der Waals surface area contributed by atoms with Crippen LogP contribution in [0.15, 0.2) is 0 Å². The van der Waals surface area contributed by atoms with Gasteiger partial charge in [0.25, 0.3) is 0 Å². The van der Waals surface area contributed by atoms with Crippen LogP contribution in [0.5, 0.6) is 0 Å². The standard InChI is InChI=1S/C9H18N2O2/c1-8(10-6-12)4-3-5-9(2)11-7-13/h6-9H,3-5H2,1-2H3,(H,10,12)(H,11,13). The molecule has 4 heteroatoms. The summed E-state index contributed by atoms with van der Waals surface area (Å²) in [6.45, 7) is 3.93. The Kier molecular flexibility index (Phi) is 6.96. The van der Waals surface area contributed by atoms with Gasteiger partial charge in [0, 0.05) is 12.1 Å². The van der Waals surface area contributed by atoms with Gasteiger partial charge in [-0.05, 0) is 33.1 Å². The maximum Gasteiger partial charge on any atom is 0.207 e. The Morgan fingerprint density at radius 3 is 1.69 bits per heavy atom. The average molecular weight is 186 g/mol. The predicted molar refractivity (Wildman–Crippen MR) is 51.2 cm³/mol. The summed E-state index contributed by atoms with van der Waals surface area (Å²) in [5.74, 6) is 0. The third-order valence-corrected chi connectivity index (χ3v) is 1.98. The molecule has 0 aromatic rings. The molecule has 0 aliphatic heterocycles. The second-order valence-corrected chi connectivity index (χ2v) is 3.30. The van der Waals surface area contributed by atoms with Gasteiger partial charge in [-0.15, -0.1) is 0 Å². The van der Waals surface area contributed by atoms with E-state index in [1.807, 2.05) is 13.8 Å². The highest BCUT2D eigenvalue weighted by molar-refractivity contribution is 5.46. The zero-order valence-corrected chi connectivity index (χ0v) is 8.25. The first-order valence-corrected chi connectivity index (χ1v) is 4.60. The first-order chi connectivity index (χ1) is 6.20. The highest BCUT2D eigenvalue weighted by Crippen LogP contribution is 2.02. The molecule has 2 N–H and O–H groups in total. The molecule has 0 aliphatic carbocycles. The fraction of sp³-hybridized carbons (Fsp3) is 0.778. The summed E-state index contributed by atoms with van der Waals surface area (Å²) in [6, 6.07) is 0.446. The quantitative estimate of drug-likeness (QED) is 0.540. The van der Waals surface area contributed by atoms with E-state index < -0.39 is 0 Å². The molecule has 0 aromatic carbocycles. The highest BCUT2D eigenvalue weighted by atomic mass is 16.1. The Bertz CT molecular complexity index is 135. The molecule has 0 radical (unpaired) electrons. The second kappa shape index (κ2) is 7.58. The number of hydrogen-bond donors (Lipinski definition) is 2. The Hall–Kier alpha value is -1.06. The monoisotopic (exact) mass is 186 g/mol. The van der Waals surface area contributed by atoms with Crippen molar-refractivity contribution >= 4 is 12.8 Å². The lowest BCUT2D eigenvalue weighted by Gasteiger charge is -2.12. The molecular formula is C9H18N2O2. The van der Waals surface area contributed by atoms with E-state index >= 15 is 0 Å². The number of carbonyl (C=O) groups is 2. The van der Waals surface area contributed by atoms with Crippen LogP contribution in [0, 0.1) is 0 Å². The molecule has 0 heterocycles. The van der Waals surface area contributed by atoms with Crippen LogP contribution in [-0.4, -0.2) is 24.9 Å². The molecule has 2 amide bonds.